The van der Waals surface area contributed by atoms with Crippen LogP contribution in [0.25, 0.3) is 11.3 Å². The molecule has 1 aromatic carbocycles. The highest BCUT2D eigenvalue weighted by molar-refractivity contribution is 7.90. The summed E-state index contributed by atoms with van der Waals surface area (Å²) in [4.78, 5) is 0.384. The van der Waals surface area contributed by atoms with Crippen molar-refractivity contribution in [3.05, 3.63) is 29.8 Å². The second-order valence-electron chi connectivity index (χ2n) is 5.52. The predicted molar refractivity (Wildman–Crippen MR) is 79.8 cm³/mol. The molecule has 0 bridgehead atoms. The molecule has 110 valence electrons. The molecule has 0 radical (unpaired) electrons. The van der Waals surface area contributed by atoms with Crippen LogP contribution in [-0.4, -0.2) is 37.7 Å². The van der Waals surface area contributed by atoms with E-state index in [4.69, 9.17) is 0 Å². The van der Waals surface area contributed by atoms with E-state index in [9.17, 15) is 8.42 Å². The fraction of sp³-hybridized carbons (Fsp3) is 0.357. The summed E-state index contributed by atoms with van der Waals surface area (Å²) in [6.45, 7) is 1.86. The zero-order valence-electron chi connectivity index (χ0n) is 11.4. The molecule has 21 heavy (non-hydrogen) atoms. The number of benzene rings is 1. The number of sulfone groups is 1. The van der Waals surface area contributed by atoms with E-state index in [2.05, 4.69) is 20.8 Å². The fourth-order valence-corrected chi connectivity index (χ4v) is 4.64. The van der Waals surface area contributed by atoms with E-state index in [0.717, 1.165) is 30.8 Å². The number of rotatable bonds is 2. The number of aromatic amines is 1. The number of aromatic nitrogens is 2. The predicted octanol–water partition coefficient (Wildman–Crippen LogP) is 1.14. The first kappa shape index (κ1) is 12.8. The lowest BCUT2D eigenvalue weighted by Gasteiger charge is -2.18. The topological polar surface area (TPSA) is 86.9 Å². The van der Waals surface area contributed by atoms with Gasteiger partial charge in [0.15, 0.2) is 15.7 Å². The Morgan fingerprint density at radius 1 is 1.29 bits per heavy atom. The van der Waals surface area contributed by atoms with Crippen molar-refractivity contribution in [2.45, 2.75) is 23.1 Å². The lowest BCUT2D eigenvalue weighted by molar-refractivity contribution is 0.594. The average molecular weight is 304 g/mol. The van der Waals surface area contributed by atoms with Crippen LogP contribution in [0.3, 0.4) is 0 Å². The van der Waals surface area contributed by atoms with Gasteiger partial charge in [0.1, 0.15) is 0 Å². The summed E-state index contributed by atoms with van der Waals surface area (Å²) in [5.74, 6) is 0.662. The Balaban J connectivity index is 1.80. The van der Waals surface area contributed by atoms with Crippen LogP contribution in [0.4, 0.5) is 5.82 Å². The normalized spacial score (nSPS) is 22.6. The van der Waals surface area contributed by atoms with Gasteiger partial charge in [-0.15, -0.1) is 0 Å². The molecule has 2 aliphatic heterocycles. The number of hydrogen-bond acceptors (Lipinski definition) is 5. The Kier molecular flexibility index (Phi) is 2.80. The minimum atomic E-state index is -3.30. The summed E-state index contributed by atoms with van der Waals surface area (Å²) in [6.07, 6.45) is 1.02. The van der Waals surface area contributed by atoms with Gasteiger partial charge < -0.3 is 10.6 Å². The Hall–Kier alpha value is -1.86. The Labute approximate surface area is 122 Å². The van der Waals surface area contributed by atoms with E-state index in [0.29, 0.717) is 22.3 Å². The van der Waals surface area contributed by atoms with E-state index >= 15 is 0 Å². The van der Waals surface area contributed by atoms with Crippen molar-refractivity contribution in [3.8, 4) is 11.3 Å². The monoisotopic (exact) mass is 304 g/mol. The Bertz CT molecular complexity index is 791. The highest BCUT2D eigenvalue weighted by Gasteiger charge is 2.32. The van der Waals surface area contributed by atoms with Crippen molar-refractivity contribution < 1.29 is 8.42 Å². The van der Waals surface area contributed by atoms with Crippen LogP contribution in [-0.2, 0) is 15.6 Å². The lowest BCUT2D eigenvalue weighted by atomic mass is 10.1. The van der Waals surface area contributed by atoms with Gasteiger partial charge in [-0.25, -0.2) is 8.42 Å². The van der Waals surface area contributed by atoms with Gasteiger partial charge in [0.25, 0.3) is 0 Å². The quantitative estimate of drug-likeness (QED) is 0.774. The first-order valence-electron chi connectivity index (χ1n) is 7.02. The molecule has 2 aliphatic rings. The zero-order chi connectivity index (χ0) is 14.4. The molecule has 7 heteroatoms. The lowest BCUT2D eigenvalue weighted by Crippen LogP contribution is -2.23. The third-order valence-electron chi connectivity index (χ3n) is 4.09. The largest absolute Gasteiger partial charge is 0.364 e. The third kappa shape index (κ3) is 2.04. The maximum absolute atomic E-state index is 12.4. The van der Waals surface area contributed by atoms with E-state index in [1.165, 1.54) is 0 Å². The van der Waals surface area contributed by atoms with Gasteiger partial charge in [-0.05, 0) is 19.0 Å². The number of fused-ring (bicyclic) bond motifs is 3. The summed E-state index contributed by atoms with van der Waals surface area (Å²) >= 11 is 0. The minimum absolute atomic E-state index is 0.00166. The molecule has 0 aliphatic carbocycles. The maximum atomic E-state index is 12.4. The summed E-state index contributed by atoms with van der Waals surface area (Å²) in [5, 5.41) is 13.9. The van der Waals surface area contributed by atoms with Gasteiger partial charge in [0.05, 0.1) is 16.3 Å². The second-order valence-corrected chi connectivity index (χ2v) is 7.47. The van der Waals surface area contributed by atoms with Crippen molar-refractivity contribution >= 4 is 15.7 Å². The van der Waals surface area contributed by atoms with E-state index < -0.39 is 9.84 Å². The van der Waals surface area contributed by atoms with Crippen LogP contribution >= 0.6 is 0 Å². The molecule has 1 saturated heterocycles. The number of H-pyrrole nitrogens is 1. The standard InChI is InChI=1S/C14H16N4O2S/c19-21(20)8-11-13(10-3-1-2-4-12(10)21)17-18-14(11)16-9-5-6-15-7-9/h1-4,9,15H,5-8H2,(H2,16,17,18). The van der Waals surface area contributed by atoms with Crippen LogP contribution in [0.2, 0.25) is 0 Å². The zero-order valence-corrected chi connectivity index (χ0v) is 12.2. The van der Waals surface area contributed by atoms with Gasteiger partial charge in [-0.1, -0.05) is 18.2 Å². The molecule has 0 saturated carbocycles. The molecular weight excluding hydrogens is 288 g/mol. The Morgan fingerprint density at radius 3 is 2.95 bits per heavy atom. The first-order valence-corrected chi connectivity index (χ1v) is 8.67. The van der Waals surface area contributed by atoms with E-state index in [1.807, 2.05) is 12.1 Å². The molecule has 1 atom stereocenters. The number of anilines is 1. The van der Waals surface area contributed by atoms with Crippen LogP contribution < -0.4 is 10.6 Å². The number of nitrogens with zero attached hydrogens (tertiary/aromatic N) is 1. The van der Waals surface area contributed by atoms with Crippen molar-refractivity contribution in [2.24, 2.45) is 0 Å². The van der Waals surface area contributed by atoms with E-state index in [1.54, 1.807) is 12.1 Å². The molecular formula is C14H16N4O2S. The molecule has 2 aromatic rings. The summed E-state index contributed by atoms with van der Waals surface area (Å²) in [6, 6.07) is 7.38. The summed E-state index contributed by atoms with van der Waals surface area (Å²) in [5.41, 5.74) is 2.28. The maximum Gasteiger partial charge on any atom is 0.183 e. The Morgan fingerprint density at radius 2 is 2.14 bits per heavy atom. The highest BCUT2D eigenvalue weighted by Crippen LogP contribution is 2.39. The van der Waals surface area contributed by atoms with Crippen molar-refractivity contribution in [1.29, 1.82) is 0 Å². The molecule has 0 spiro atoms. The average Bonchev–Trinajstić information content (AvgIpc) is 3.10. The summed E-state index contributed by atoms with van der Waals surface area (Å²) < 4.78 is 24.9. The molecule has 1 unspecified atom stereocenters. The molecule has 1 aromatic heterocycles. The van der Waals surface area contributed by atoms with Crippen LogP contribution in [0.5, 0.6) is 0 Å². The number of hydrogen-bond donors (Lipinski definition) is 3. The van der Waals surface area contributed by atoms with Crippen LogP contribution in [0.15, 0.2) is 29.2 Å². The molecule has 3 heterocycles. The molecule has 4 rings (SSSR count). The van der Waals surface area contributed by atoms with Gasteiger partial charge in [-0.3, -0.25) is 5.10 Å². The molecule has 6 nitrogen and oxygen atoms in total. The highest BCUT2D eigenvalue weighted by atomic mass is 32.2. The van der Waals surface area contributed by atoms with Gasteiger partial charge >= 0.3 is 0 Å². The van der Waals surface area contributed by atoms with E-state index in [-0.39, 0.29) is 5.75 Å². The van der Waals surface area contributed by atoms with Crippen molar-refractivity contribution in [2.75, 3.05) is 18.4 Å². The van der Waals surface area contributed by atoms with Gasteiger partial charge in [-0.2, -0.15) is 5.10 Å². The molecule has 0 amide bonds. The van der Waals surface area contributed by atoms with Gasteiger partial charge in [0, 0.05) is 23.7 Å². The van der Waals surface area contributed by atoms with Gasteiger partial charge in [0.2, 0.25) is 0 Å². The van der Waals surface area contributed by atoms with Crippen molar-refractivity contribution in [1.82, 2.24) is 15.5 Å². The minimum Gasteiger partial charge on any atom is -0.364 e. The number of nitrogens with one attached hydrogen (secondary N) is 3. The third-order valence-corrected chi connectivity index (χ3v) is 5.79. The fourth-order valence-electron chi connectivity index (χ4n) is 3.03. The molecule has 1 fully saturated rings. The van der Waals surface area contributed by atoms with Crippen LogP contribution in [0.1, 0.15) is 12.0 Å². The summed E-state index contributed by atoms with van der Waals surface area (Å²) in [7, 11) is -3.30. The molecule has 3 N–H and O–H groups in total. The SMILES string of the molecule is O=S1(=O)Cc2c(NC3CCNC3)n[nH]c2-c2ccccc21. The van der Waals surface area contributed by atoms with Crippen LogP contribution in [0, 0.1) is 0 Å². The smallest absolute Gasteiger partial charge is 0.183 e. The van der Waals surface area contributed by atoms with Crippen molar-refractivity contribution in [3.63, 3.8) is 0 Å². The second kappa shape index (κ2) is 4.57. The first-order chi connectivity index (χ1) is 10.1.